The van der Waals surface area contributed by atoms with Crippen LogP contribution in [0.5, 0.6) is 5.75 Å². The summed E-state index contributed by atoms with van der Waals surface area (Å²) in [5.41, 5.74) is 7.69. The fraction of sp³-hybridized carbons (Fsp3) is 0.625. The molecule has 0 aliphatic heterocycles. The molecule has 1 saturated carbocycles. The Labute approximate surface area is 116 Å². The average Bonchev–Trinajstić information content (AvgIpc) is 2.41. The molecule has 1 aromatic rings. The van der Waals surface area contributed by atoms with Crippen LogP contribution in [0.25, 0.3) is 0 Å². The Morgan fingerprint density at radius 3 is 2.42 bits per heavy atom. The van der Waals surface area contributed by atoms with Crippen LogP contribution >= 0.6 is 0 Å². The molecule has 19 heavy (non-hydrogen) atoms. The lowest BCUT2D eigenvalue weighted by atomic mass is 9.68. The van der Waals surface area contributed by atoms with Crippen LogP contribution < -0.4 is 10.5 Å². The van der Waals surface area contributed by atoms with E-state index >= 15 is 0 Å². The molecule has 2 N–H and O–H groups in total. The third-order valence-corrected chi connectivity index (χ3v) is 4.39. The Kier molecular flexibility index (Phi) is 4.83. The molecular formula is C16H26N2O. The quantitative estimate of drug-likeness (QED) is 0.819. The van der Waals surface area contributed by atoms with Crippen molar-refractivity contribution in [1.82, 2.24) is 4.90 Å². The Morgan fingerprint density at radius 2 is 1.95 bits per heavy atom. The van der Waals surface area contributed by atoms with E-state index < -0.39 is 0 Å². The van der Waals surface area contributed by atoms with Gasteiger partial charge in [0.25, 0.3) is 0 Å². The fourth-order valence-corrected chi connectivity index (χ4v) is 2.87. The molecule has 2 rings (SSSR count). The van der Waals surface area contributed by atoms with Gasteiger partial charge in [-0.05, 0) is 56.0 Å². The molecule has 1 fully saturated rings. The van der Waals surface area contributed by atoms with Crippen LogP contribution in [0.1, 0.15) is 24.8 Å². The van der Waals surface area contributed by atoms with Gasteiger partial charge in [0, 0.05) is 13.1 Å². The second-order valence-corrected chi connectivity index (χ2v) is 5.89. The first kappa shape index (κ1) is 14.4. The molecule has 1 aliphatic rings. The Balaban J connectivity index is 1.77. The summed E-state index contributed by atoms with van der Waals surface area (Å²) in [6.07, 6.45) is 5.04. The van der Waals surface area contributed by atoms with Crippen molar-refractivity contribution < 1.29 is 4.74 Å². The standard InChI is InChI=1S/C16H26N2O/c1-18(13-16(12-17)9-3-10-16)11-8-14-4-6-15(19-2)7-5-14/h4-7H,3,8-13,17H2,1-2H3. The van der Waals surface area contributed by atoms with E-state index in [4.69, 9.17) is 10.5 Å². The van der Waals surface area contributed by atoms with Crippen LogP contribution in [-0.2, 0) is 6.42 Å². The lowest BCUT2D eigenvalue weighted by Gasteiger charge is -2.43. The smallest absolute Gasteiger partial charge is 0.118 e. The molecule has 0 spiro atoms. The molecule has 1 aliphatic carbocycles. The minimum Gasteiger partial charge on any atom is -0.497 e. The molecule has 0 saturated heterocycles. The number of rotatable bonds is 7. The molecule has 3 heteroatoms. The highest BCUT2D eigenvalue weighted by Gasteiger charge is 2.36. The first-order chi connectivity index (χ1) is 9.17. The molecule has 0 radical (unpaired) electrons. The molecule has 106 valence electrons. The van der Waals surface area contributed by atoms with Gasteiger partial charge in [-0.2, -0.15) is 0 Å². The van der Waals surface area contributed by atoms with Crippen molar-refractivity contribution in [2.75, 3.05) is 33.8 Å². The molecule has 0 atom stereocenters. The average molecular weight is 262 g/mol. The lowest BCUT2D eigenvalue weighted by molar-refractivity contribution is 0.0882. The van der Waals surface area contributed by atoms with Crippen molar-refractivity contribution in [3.05, 3.63) is 29.8 Å². The normalized spacial score (nSPS) is 17.3. The molecular weight excluding hydrogens is 236 g/mol. The Morgan fingerprint density at radius 1 is 1.26 bits per heavy atom. The van der Waals surface area contributed by atoms with Gasteiger partial charge >= 0.3 is 0 Å². The third-order valence-electron chi connectivity index (χ3n) is 4.39. The number of hydrogen-bond acceptors (Lipinski definition) is 3. The van der Waals surface area contributed by atoms with Gasteiger partial charge in [0.1, 0.15) is 5.75 Å². The second kappa shape index (κ2) is 6.40. The zero-order valence-electron chi connectivity index (χ0n) is 12.2. The van der Waals surface area contributed by atoms with E-state index in [1.54, 1.807) is 7.11 Å². The fourth-order valence-electron chi connectivity index (χ4n) is 2.87. The van der Waals surface area contributed by atoms with Crippen LogP contribution in [0.2, 0.25) is 0 Å². The SMILES string of the molecule is COc1ccc(CCN(C)CC2(CN)CCC2)cc1. The summed E-state index contributed by atoms with van der Waals surface area (Å²) < 4.78 is 5.17. The summed E-state index contributed by atoms with van der Waals surface area (Å²) >= 11 is 0. The highest BCUT2D eigenvalue weighted by Crippen LogP contribution is 2.40. The Bertz CT molecular complexity index is 379. The van der Waals surface area contributed by atoms with E-state index in [2.05, 4.69) is 24.1 Å². The van der Waals surface area contributed by atoms with Crippen LogP contribution in [-0.4, -0.2) is 38.7 Å². The van der Waals surface area contributed by atoms with Crippen LogP contribution in [0.15, 0.2) is 24.3 Å². The van der Waals surface area contributed by atoms with Gasteiger partial charge in [-0.1, -0.05) is 18.6 Å². The maximum Gasteiger partial charge on any atom is 0.118 e. The van der Waals surface area contributed by atoms with Crippen molar-refractivity contribution in [1.29, 1.82) is 0 Å². The summed E-state index contributed by atoms with van der Waals surface area (Å²) in [5.74, 6) is 0.925. The highest BCUT2D eigenvalue weighted by molar-refractivity contribution is 5.27. The van der Waals surface area contributed by atoms with Crippen molar-refractivity contribution in [2.45, 2.75) is 25.7 Å². The molecule has 3 nitrogen and oxygen atoms in total. The first-order valence-electron chi connectivity index (χ1n) is 7.19. The first-order valence-corrected chi connectivity index (χ1v) is 7.19. The van der Waals surface area contributed by atoms with E-state index in [0.717, 1.165) is 31.8 Å². The number of ether oxygens (including phenoxy) is 1. The number of hydrogen-bond donors (Lipinski definition) is 1. The van der Waals surface area contributed by atoms with Gasteiger partial charge in [-0.15, -0.1) is 0 Å². The zero-order chi connectivity index (χ0) is 13.7. The Hall–Kier alpha value is -1.06. The van der Waals surface area contributed by atoms with Crippen LogP contribution in [0, 0.1) is 5.41 Å². The molecule has 0 bridgehead atoms. The summed E-state index contributed by atoms with van der Waals surface area (Å²) in [6, 6.07) is 8.36. The topological polar surface area (TPSA) is 38.5 Å². The summed E-state index contributed by atoms with van der Waals surface area (Å²) in [6.45, 7) is 3.06. The minimum absolute atomic E-state index is 0.411. The number of nitrogens with zero attached hydrogens (tertiary/aromatic N) is 1. The predicted octanol–water partition coefficient (Wildman–Crippen LogP) is 2.30. The molecule has 0 heterocycles. The third kappa shape index (κ3) is 3.71. The zero-order valence-corrected chi connectivity index (χ0v) is 12.2. The van der Waals surface area contributed by atoms with Gasteiger partial charge in [0.2, 0.25) is 0 Å². The van der Waals surface area contributed by atoms with E-state index in [1.165, 1.54) is 24.8 Å². The van der Waals surface area contributed by atoms with E-state index in [9.17, 15) is 0 Å². The minimum atomic E-state index is 0.411. The summed E-state index contributed by atoms with van der Waals surface area (Å²) in [5, 5.41) is 0. The molecule has 0 amide bonds. The van der Waals surface area contributed by atoms with Crippen molar-refractivity contribution in [3.8, 4) is 5.75 Å². The van der Waals surface area contributed by atoms with E-state index in [-0.39, 0.29) is 0 Å². The number of methoxy groups -OCH3 is 1. The maximum absolute atomic E-state index is 5.92. The van der Waals surface area contributed by atoms with Crippen LogP contribution in [0.4, 0.5) is 0 Å². The van der Waals surface area contributed by atoms with Crippen molar-refractivity contribution in [2.24, 2.45) is 11.1 Å². The van der Waals surface area contributed by atoms with Crippen LogP contribution in [0.3, 0.4) is 0 Å². The van der Waals surface area contributed by atoms with E-state index in [0.29, 0.717) is 5.41 Å². The second-order valence-electron chi connectivity index (χ2n) is 5.89. The van der Waals surface area contributed by atoms with Gasteiger partial charge in [-0.25, -0.2) is 0 Å². The number of nitrogens with two attached hydrogens (primary N) is 1. The van der Waals surface area contributed by atoms with Gasteiger partial charge in [-0.3, -0.25) is 0 Å². The van der Waals surface area contributed by atoms with Gasteiger partial charge < -0.3 is 15.4 Å². The summed E-state index contributed by atoms with van der Waals surface area (Å²) in [4.78, 5) is 2.43. The lowest BCUT2D eigenvalue weighted by Crippen LogP contribution is -2.46. The summed E-state index contributed by atoms with van der Waals surface area (Å²) in [7, 11) is 3.91. The largest absolute Gasteiger partial charge is 0.497 e. The van der Waals surface area contributed by atoms with Crippen molar-refractivity contribution >= 4 is 0 Å². The number of likely N-dealkylation sites (N-methyl/N-ethyl adjacent to an activating group) is 1. The highest BCUT2D eigenvalue weighted by atomic mass is 16.5. The monoisotopic (exact) mass is 262 g/mol. The number of benzene rings is 1. The predicted molar refractivity (Wildman–Crippen MR) is 79.5 cm³/mol. The molecule has 1 aromatic carbocycles. The van der Waals surface area contributed by atoms with Gasteiger partial charge in [0.15, 0.2) is 0 Å². The molecule has 0 unspecified atom stereocenters. The maximum atomic E-state index is 5.92. The van der Waals surface area contributed by atoms with Crippen molar-refractivity contribution in [3.63, 3.8) is 0 Å². The molecule has 0 aromatic heterocycles. The van der Waals surface area contributed by atoms with Gasteiger partial charge in [0.05, 0.1) is 7.11 Å². The van der Waals surface area contributed by atoms with E-state index in [1.807, 2.05) is 12.1 Å².